The van der Waals surface area contributed by atoms with Gasteiger partial charge in [0.15, 0.2) is 0 Å². The van der Waals surface area contributed by atoms with E-state index in [9.17, 15) is 4.79 Å². The summed E-state index contributed by atoms with van der Waals surface area (Å²) in [5, 5.41) is 2.65. The van der Waals surface area contributed by atoms with Crippen molar-refractivity contribution in [2.24, 2.45) is 5.73 Å². The molecule has 6 heteroatoms. The van der Waals surface area contributed by atoms with Crippen LogP contribution in [-0.4, -0.2) is 66.5 Å². The smallest absolute Gasteiger partial charge is 0.233 e. The van der Waals surface area contributed by atoms with Gasteiger partial charge in [0, 0.05) is 33.2 Å². The molecule has 1 unspecified atom stereocenters. The van der Waals surface area contributed by atoms with Crippen molar-refractivity contribution in [3.8, 4) is 0 Å². The molecule has 0 aromatic heterocycles. The molecular weight excluding hydrogens is 248 g/mol. The predicted molar refractivity (Wildman–Crippen MR) is 77.6 cm³/mol. The first-order valence-corrected chi connectivity index (χ1v) is 6.95. The Morgan fingerprint density at radius 3 is 2.44 bits per heavy atom. The summed E-state index contributed by atoms with van der Waals surface area (Å²) in [7, 11) is 1.67. The molecule has 1 rings (SSSR count). The van der Waals surface area contributed by atoms with Gasteiger partial charge in [0.1, 0.15) is 0 Å². The van der Waals surface area contributed by atoms with Crippen molar-refractivity contribution < 1.29 is 4.79 Å². The number of carbonyl (C=O) groups excluding carboxylic acids is 1. The van der Waals surface area contributed by atoms with Crippen LogP contribution in [0.15, 0.2) is 0 Å². The summed E-state index contributed by atoms with van der Waals surface area (Å²) < 4.78 is 0. The van der Waals surface area contributed by atoms with Crippen LogP contribution in [0.1, 0.15) is 19.8 Å². The second kappa shape index (κ2) is 7.66. The molecule has 1 fully saturated rings. The highest BCUT2D eigenvalue weighted by atomic mass is 32.1. The molecule has 0 aromatic carbocycles. The van der Waals surface area contributed by atoms with Gasteiger partial charge < -0.3 is 11.1 Å². The largest absolute Gasteiger partial charge is 0.392 e. The van der Waals surface area contributed by atoms with Crippen molar-refractivity contribution in [2.75, 3.05) is 39.8 Å². The van der Waals surface area contributed by atoms with Gasteiger partial charge in [-0.1, -0.05) is 25.6 Å². The van der Waals surface area contributed by atoms with Gasteiger partial charge in [-0.2, -0.15) is 0 Å². The van der Waals surface area contributed by atoms with Gasteiger partial charge in [-0.3, -0.25) is 14.6 Å². The van der Waals surface area contributed by atoms with Crippen LogP contribution in [0.2, 0.25) is 0 Å². The third kappa shape index (κ3) is 4.51. The van der Waals surface area contributed by atoms with Crippen LogP contribution in [0.25, 0.3) is 0 Å². The number of hydrogen-bond donors (Lipinski definition) is 2. The lowest BCUT2D eigenvalue weighted by Crippen LogP contribution is -2.54. The Bertz CT molecular complexity index is 290. The molecular formula is C12H24N4OS. The van der Waals surface area contributed by atoms with Crippen LogP contribution in [0, 0.1) is 0 Å². The van der Waals surface area contributed by atoms with Crippen LogP contribution >= 0.6 is 12.2 Å². The van der Waals surface area contributed by atoms with E-state index in [1.54, 1.807) is 7.05 Å². The SMILES string of the molecule is CCCC(C(N)=S)N1CCN(CC(=O)NC)CC1. The van der Waals surface area contributed by atoms with E-state index in [-0.39, 0.29) is 11.9 Å². The molecule has 0 aliphatic carbocycles. The zero-order chi connectivity index (χ0) is 13.5. The number of nitrogens with two attached hydrogens (primary N) is 1. The number of likely N-dealkylation sites (N-methyl/N-ethyl adjacent to an activating group) is 1. The zero-order valence-electron chi connectivity index (χ0n) is 11.3. The normalized spacial score (nSPS) is 19.4. The number of amides is 1. The molecule has 1 aliphatic heterocycles. The first-order valence-electron chi connectivity index (χ1n) is 6.54. The lowest BCUT2D eigenvalue weighted by atomic mass is 10.1. The quantitative estimate of drug-likeness (QED) is 0.656. The highest BCUT2D eigenvalue weighted by Gasteiger charge is 2.25. The second-order valence-electron chi connectivity index (χ2n) is 4.69. The summed E-state index contributed by atoms with van der Waals surface area (Å²) >= 11 is 5.14. The number of carbonyl (C=O) groups is 1. The van der Waals surface area contributed by atoms with Gasteiger partial charge in [-0.05, 0) is 6.42 Å². The van der Waals surface area contributed by atoms with E-state index < -0.39 is 0 Å². The van der Waals surface area contributed by atoms with E-state index in [0.29, 0.717) is 11.5 Å². The Morgan fingerprint density at radius 1 is 1.39 bits per heavy atom. The fourth-order valence-electron chi connectivity index (χ4n) is 2.29. The molecule has 3 N–H and O–H groups in total. The van der Waals surface area contributed by atoms with Crippen molar-refractivity contribution in [1.29, 1.82) is 0 Å². The zero-order valence-corrected chi connectivity index (χ0v) is 12.1. The Kier molecular flexibility index (Phi) is 6.52. The van der Waals surface area contributed by atoms with Gasteiger partial charge in [-0.15, -0.1) is 0 Å². The molecule has 1 aliphatic rings. The van der Waals surface area contributed by atoms with Crippen molar-refractivity contribution >= 4 is 23.1 Å². The van der Waals surface area contributed by atoms with E-state index in [2.05, 4.69) is 22.0 Å². The molecule has 104 valence electrons. The predicted octanol–water partition coefficient (Wildman–Crippen LogP) is -0.195. The average molecular weight is 272 g/mol. The summed E-state index contributed by atoms with van der Waals surface area (Å²) in [6.07, 6.45) is 2.10. The third-order valence-electron chi connectivity index (χ3n) is 3.38. The summed E-state index contributed by atoms with van der Waals surface area (Å²) in [6, 6.07) is 0.215. The van der Waals surface area contributed by atoms with E-state index in [0.717, 1.165) is 39.0 Å². The first-order chi connectivity index (χ1) is 8.58. The highest BCUT2D eigenvalue weighted by Crippen LogP contribution is 2.11. The van der Waals surface area contributed by atoms with Crippen molar-refractivity contribution in [3.05, 3.63) is 0 Å². The fourth-order valence-corrected chi connectivity index (χ4v) is 2.56. The van der Waals surface area contributed by atoms with Crippen LogP contribution in [0.3, 0.4) is 0 Å². The number of rotatable bonds is 6. The molecule has 0 aromatic rings. The molecule has 0 saturated carbocycles. The minimum absolute atomic E-state index is 0.0721. The van der Waals surface area contributed by atoms with Gasteiger partial charge in [0.2, 0.25) is 5.91 Å². The van der Waals surface area contributed by atoms with E-state index in [1.807, 2.05) is 0 Å². The van der Waals surface area contributed by atoms with E-state index in [4.69, 9.17) is 18.0 Å². The Morgan fingerprint density at radius 2 is 2.00 bits per heavy atom. The van der Waals surface area contributed by atoms with Gasteiger partial charge >= 0.3 is 0 Å². The van der Waals surface area contributed by atoms with Crippen LogP contribution in [0.4, 0.5) is 0 Å². The Labute approximate surface area is 115 Å². The topological polar surface area (TPSA) is 61.6 Å². The summed E-state index contributed by atoms with van der Waals surface area (Å²) in [5.41, 5.74) is 5.80. The molecule has 18 heavy (non-hydrogen) atoms. The maximum absolute atomic E-state index is 11.3. The lowest BCUT2D eigenvalue weighted by molar-refractivity contribution is -0.122. The van der Waals surface area contributed by atoms with Crippen LogP contribution < -0.4 is 11.1 Å². The Balaban J connectivity index is 2.42. The van der Waals surface area contributed by atoms with Crippen molar-refractivity contribution in [1.82, 2.24) is 15.1 Å². The van der Waals surface area contributed by atoms with Gasteiger partial charge in [-0.25, -0.2) is 0 Å². The average Bonchev–Trinajstić information content (AvgIpc) is 2.36. The summed E-state index contributed by atoms with van der Waals surface area (Å²) in [5.74, 6) is 0.0721. The molecule has 0 bridgehead atoms. The highest BCUT2D eigenvalue weighted by molar-refractivity contribution is 7.80. The number of thiocarbonyl (C=S) groups is 1. The van der Waals surface area contributed by atoms with E-state index in [1.165, 1.54) is 0 Å². The van der Waals surface area contributed by atoms with Gasteiger partial charge in [0.25, 0.3) is 0 Å². The van der Waals surface area contributed by atoms with E-state index >= 15 is 0 Å². The van der Waals surface area contributed by atoms with Crippen molar-refractivity contribution in [3.63, 3.8) is 0 Å². The number of hydrogen-bond acceptors (Lipinski definition) is 4. The lowest BCUT2D eigenvalue weighted by Gasteiger charge is -2.38. The first kappa shape index (κ1) is 15.3. The minimum atomic E-state index is 0.0721. The molecule has 1 atom stereocenters. The summed E-state index contributed by atoms with van der Waals surface area (Å²) in [6.45, 7) is 6.29. The molecule has 1 heterocycles. The maximum atomic E-state index is 11.3. The van der Waals surface area contributed by atoms with Gasteiger partial charge in [0.05, 0.1) is 17.6 Å². The molecule has 5 nitrogen and oxygen atoms in total. The molecule has 1 amide bonds. The standard InChI is InChI=1S/C12H24N4OS/c1-3-4-10(12(13)18)16-7-5-15(6-8-16)9-11(17)14-2/h10H,3-9H2,1-2H3,(H2,13,18)(H,14,17). The molecule has 0 spiro atoms. The van der Waals surface area contributed by atoms with Crippen LogP contribution in [-0.2, 0) is 4.79 Å². The van der Waals surface area contributed by atoms with Crippen molar-refractivity contribution in [2.45, 2.75) is 25.8 Å². The third-order valence-corrected chi connectivity index (χ3v) is 3.66. The fraction of sp³-hybridized carbons (Fsp3) is 0.833. The minimum Gasteiger partial charge on any atom is -0.392 e. The molecule has 0 radical (unpaired) electrons. The van der Waals surface area contributed by atoms with Crippen LogP contribution in [0.5, 0.6) is 0 Å². The summed E-state index contributed by atoms with van der Waals surface area (Å²) in [4.78, 5) is 16.4. The number of nitrogens with zero attached hydrogens (tertiary/aromatic N) is 2. The molecule has 1 saturated heterocycles. The number of nitrogens with one attached hydrogen (secondary N) is 1. The second-order valence-corrected chi connectivity index (χ2v) is 5.16. The number of piperazine rings is 1. The Hall–Kier alpha value is -0.720. The maximum Gasteiger partial charge on any atom is 0.233 e. The monoisotopic (exact) mass is 272 g/mol.